The van der Waals surface area contributed by atoms with Gasteiger partial charge in [-0.3, -0.25) is 0 Å². The van der Waals surface area contributed by atoms with Crippen LogP contribution in [0.5, 0.6) is 0 Å². The Morgan fingerprint density at radius 1 is 1.24 bits per heavy atom. The first-order valence-corrected chi connectivity index (χ1v) is 8.20. The summed E-state index contributed by atoms with van der Waals surface area (Å²) >= 11 is 9.55. The van der Waals surface area contributed by atoms with Gasteiger partial charge >= 0.3 is 0 Å². The van der Waals surface area contributed by atoms with Gasteiger partial charge < -0.3 is 5.32 Å². The minimum atomic E-state index is -0.161. The maximum atomic E-state index is 13.9. The molecule has 112 valence electrons. The summed E-state index contributed by atoms with van der Waals surface area (Å²) in [7, 11) is 0. The fourth-order valence-electron chi connectivity index (χ4n) is 2.28. The summed E-state index contributed by atoms with van der Waals surface area (Å²) < 4.78 is 14.8. The third-order valence-electron chi connectivity index (χ3n) is 3.36. The van der Waals surface area contributed by atoms with Gasteiger partial charge in [-0.2, -0.15) is 0 Å². The van der Waals surface area contributed by atoms with Gasteiger partial charge in [-0.15, -0.1) is 0 Å². The van der Waals surface area contributed by atoms with E-state index in [-0.39, 0.29) is 11.9 Å². The summed E-state index contributed by atoms with van der Waals surface area (Å²) in [5.41, 5.74) is 1.81. The molecule has 0 radical (unpaired) electrons. The van der Waals surface area contributed by atoms with E-state index >= 15 is 0 Å². The van der Waals surface area contributed by atoms with Crippen molar-refractivity contribution in [2.45, 2.75) is 25.8 Å². The number of hydrogen-bond acceptors (Lipinski definition) is 1. The van der Waals surface area contributed by atoms with Gasteiger partial charge in [-0.1, -0.05) is 58.7 Å². The highest BCUT2D eigenvalue weighted by atomic mass is 79.9. The average molecular weight is 371 g/mol. The molecule has 1 unspecified atom stereocenters. The fraction of sp³-hybridized carbons (Fsp3) is 0.294. The molecule has 0 aliphatic rings. The van der Waals surface area contributed by atoms with E-state index in [1.807, 2.05) is 30.3 Å². The van der Waals surface area contributed by atoms with Crippen LogP contribution >= 0.6 is 27.5 Å². The number of rotatable bonds is 6. The van der Waals surface area contributed by atoms with Crippen molar-refractivity contribution in [1.82, 2.24) is 5.32 Å². The summed E-state index contributed by atoms with van der Waals surface area (Å²) in [4.78, 5) is 0. The third kappa shape index (κ3) is 4.53. The Morgan fingerprint density at radius 3 is 2.67 bits per heavy atom. The molecule has 21 heavy (non-hydrogen) atoms. The molecule has 0 aromatic heterocycles. The molecule has 1 N–H and O–H groups in total. The first kappa shape index (κ1) is 16.5. The maximum absolute atomic E-state index is 13.9. The van der Waals surface area contributed by atoms with E-state index in [1.165, 1.54) is 6.07 Å². The average Bonchev–Trinajstić information content (AvgIpc) is 2.46. The number of halogens is 3. The number of hydrogen-bond donors (Lipinski definition) is 1. The fourth-order valence-corrected chi connectivity index (χ4v) is 3.24. The van der Waals surface area contributed by atoms with Gasteiger partial charge in [0.2, 0.25) is 0 Å². The van der Waals surface area contributed by atoms with E-state index in [0.29, 0.717) is 17.0 Å². The van der Waals surface area contributed by atoms with Crippen LogP contribution in [0.3, 0.4) is 0 Å². The van der Waals surface area contributed by atoms with Gasteiger partial charge in [-0.25, -0.2) is 4.39 Å². The van der Waals surface area contributed by atoms with E-state index in [9.17, 15) is 4.39 Å². The van der Waals surface area contributed by atoms with Crippen molar-refractivity contribution in [1.29, 1.82) is 0 Å². The van der Waals surface area contributed by atoms with E-state index in [0.717, 1.165) is 23.0 Å². The van der Waals surface area contributed by atoms with Crippen molar-refractivity contribution in [2.75, 3.05) is 6.54 Å². The smallest absolute Gasteiger partial charge is 0.126 e. The largest absolute Gasteiger partial charge is 0.310 e. The topological polar surface area (TPSA) is 12.0 Å². The molecule has 0 saturated carbocycles. The molecule has 4 heteroatoms. The van der Waals surface area contributed by atoms with Gasteiger partial charge in [0.15, 0.2) is 0 Å². The Kier molecular flexibility index (Phi) is 6.22. The molecule has 0 heterocycles. The van der Waals surface area contributed by atoms with Crippen molar-refractivity contribution in [2.24, 2.45) is 0 Å². The molecule has 0 saturated heterocycles. The first-order chi connectivity index (χ1) is 10.1. The highest BCUT2D eigenvalue weighted by Crippen LogP contribution is 2.29. The summed E-state index contributed by atoms with van der Waals surface area (Å²) in [6.45, 7) is 3.00. The van der Waals surface area contributed by atoms with E-state index in [1.54, 1.807) is 6.07 Å². The van der Waals surface area contributed by atoms with Crippen molar-refractivity contribution >= 4 is 27.5 Å². The number of benzene rings is 2. The quantitative estimate of drug-likeness (QED) is 0.705. The second-order valence-electron chi connectivity index (χ2n) is 4.97. The highest BCUT2D eigenvalue weighted by molar-refractivity contribution is 9.10. The minimum absolute atomic E-state index is 0.0495. The molecule has 0 aliphatic heterocycles. The summed E-state index contributed by atoms with van der Waals surface area (Å²) in [6.07, 6.45) is 1.63. The van der Waals surface area contributed by atoms with Gasteiger partial charge in [-0.05, 0) is 48.7 Å². The molecular weight excluding hydrogens is 353 g/mol. The Bertz CT molecular complexity index is 603. The van der Waals surface area contributed by atoms with Gasteiger partial charge in [0.05, 0.1) is 0 Å². The molecule has 0 fully saturated rings. The van der Waals surface area contributed by atoms with Crippen LogP contribution in [0.25, 0.3) is 0 Å². The van der Waals surface area contributed by atoms with E-state index in [4.69, 9.17) is 11.6 Å². The SMILES string of the molecule is CCCNC(Cc1ccccc1F)c1ccc(Cl)cc1Br. The van der Waals surface area contributed by atoms with Crippen LogP contribution in [0.2, 0.25) is 5.02 Å². The van der Waals surface area contributed by atoms with E-state index in [2.05, 4.69) is 28.2 Å². The minimum Gasteiger partial charge on any atom is -0.310 e. The Hall–Kier alpha value is -0.900. The first-order valence-electron chi connectivity index (χ1n) is 7.03. The van der Waals surface area contributed by atoms with Crippen LogP contribution < -0.4 is 5.32 Å². The maximum Gasteiger partial charge on any atom is 0.126 e. The molecule has 0 aliphatic carbocycles. The molecule has 0 bridgehead atoms. The molecule has 1 atom stereocenters. The van der Waals surface area contributed by atoms with Crippen molar-refractivity contribution in [3.63, 3.8) is 0 Å². The molecule has 2 aromatic rings. The molecule has 2 aromatic carbocycles. The Labute approximate surface area is 138 Å². The lowest BCUT2D eigenvalue weighted by molar-refractivity contribution is 0.511. The lowest BCUT2D eigenvalue weighted by atomic mass is 9.98. The molecule has 0 amide bonds. The van der Waals surface area contributed by atoms with Crippen LogP contribution in [-0.2, 0) is 6.42 Å². The predicted molar refractivity (Wildman–Crippen MR) is 90.3 cm³/mol. The normalized spacial score (nSPS) is 12.4. The van der Waals surface area contributed by atoms with Crippen LogP contribution in [0.4, 0.5) is 4.39 Å². The predicted octanol–water partition coefficient (Wildman–Crippen LogP) is 5.53. The molecule has 0 spiro atoms. The van der Waals surface area contributed by atoms with Crippen LogP contribution in [0.1, 0.15) is 30.5 Å². The molecule has 1 nitrogen and oxygen atoms in total. The van der Waals surface area contributed by atoms with Crippen molar-refractivity contribution in [3.05, 3.63) is 68.9 Å². The molecule has 2 rings (SSSR count). The van der Waals surface area contributed by atoms with Crippen LogP contribution in [-0.4, -0.2) is 6.54 Å². The second-order valence-corrected chi connectivity index (χ2v) is 6.26. The zero-order valence-electron chi connectivity index (χ0n) is 11.9. The summed E-state index contributed by atoms with van der Waals surface area (Å²) in [5.74, 6) is -0.161. The summed E-state index contributed by atoms with van der Waals surface area (Å²) in [5, 5.41) is 4.17. The van der Waals surface area contributed by atoms with Crippen molar-refractivity contribution < 1.29 is 4.39 Å². The Morgan fingerprint density at radius 2 is 2.00 bits per heavy atom. The van der Waals surface area contributed by atoms with Crippen LogP contribution in [0, 0.1) is 5.82 Å². The van der Waals surface area contributed by atoms with Gasteiger partial charge in [0.25, 0.3) is 0 Å². The zero-order valence-corrected chi connectivity index (χ0v) is 14.2. The zero-order chi connectivity index (χ0) is 15.2. The highest BCUT2D eigenvalue weighted by Gasteiger charge is 2.16. The second kappa shape index (κ2) is 7.92. The lowest BCUT2D eigenvalue weighted by Crippen LogP contribution is -2.24. The van der Waals surface area contributed by atoms with E-state index < -0.39 is 0 Å². The summed E-state index contributed by atoms with van der Waals surface area (Å²) in [6, 6.07) is 12.7. The number of nitrogens with one attached hydrogen (secondary N) is 1. The Balaban J connectivity index is 2.27. The lowest BCUT2D eigenvalue weighted by Gasteiger charge is -2.21. The standard InChI is InChI=1S/C17H18BrClFN/c1-2-9-21-17(10-12-5-3-4-6-16(12)20)14-8-7-13(19)11-15(14)18/h3-8,11,17,21H,2,9-10H2,1H3. The third-order valence-corrected chi connectivity index (χ3v) is 4.28. The molecular formula is C17H18BrClFN. The van der Waals surface area contributed by atoms with Gasteiger partial charge in [0.1, 0.15) is 5.82 Å². The van der Waals surface area contributed by atoms with Gasteiger partial charge in [0, 0.05) is 15.5 Å². The van der Waals surface area contributed by atoms with Crippen LogP contribution in [0.15, 0.2) is 46.9 Å². The van der Waals surface area contributed by atoms with Crippen molar-refractivity contribution in [3.8, 4) is 0 Å². The monoisotopic (exact) mass is 369 g/mol.